The molecule has 34 heavy (non-hydrogen) atoms. The lowest BCUT2D eigenvalue weighted by Crippen LogP contribution is -2.55. The van der Waals surface area contributed by atoms with E-state index in [1.54, 1.807) is 0 Å². The lowest BCUT2D eigenvalue weighted by molar-refractivity contribution is -0.384. The average Bonchev–Trinajstić information content (AvgIpc) is 2.73. The Kier molecular flexibility index (Phi) is 8.46. The van der Waals surface area contributed by atoms with Gasteiger partial charge in [-0.2, -0.15) is 0 Å². The first kappa shape index (κ1) is 26.9. The summed E-state index contributed by atoms with van der Waals surface area (Å²) in [5.41, 5.74) is 0.703. The number of carboxylic acid groups (broad SMARTS) is 1. The fourth-order valence-electron chi connectivity index (χ4n) is 2.87. The summed E-state index contributed by atoms with van der Waals surface area (Å²) in [6.07, 6.45) is -0.334. The van der Waals surface area contributed by atoms with Crippen molar-refractivity contribution in [2.75, 3.05) is 0 Å². The van der Waals surface area contributed by atoms with Gasteiger partial charge in [-0.1, -0.05) is 24.3 Å². The van der Waals surface area contributed by atoms with E-state index in [1.165, 1.54) is 57.2 Å². The van der Waals surface area contributed by atoms with Crippen molar-refractivity contribution in [3.8, 4) is 0 Å². The van der Waals surface area contributed by atoms with Crippen molar-refractivity contribution in [2.45, 2.75) is 50.4 Å². The number of hydrogen-bond acceptors (Lipinski definition) is 6. The summed E-state index contributed by atoms with van der Waals surface area (Å²) in [5.74, 6) is -2.74. The molecule has 0 aliphatic carbocycles. The predicted octanol–water partition coefficient (Wildman–Crippen LogP) is 2.17. The van der Waals surface area contributed by atoms with Gasteiger partial charge >= 0.3 is 5.97 Å². The molecule has 10 nitrogen and oxygen atoms in total. The molecule has 0 fully saturated rings. The minimum atomic E-state index is -4.01. The fraction of sp³-hybridized carbons (Fsp3) is 0.364. The van der Waals surface area contributed by atoms with Crippen LogP contribution in [0.15, 0.2) is 48.5 Å². The number of rotatable bonds is 10. The van der Waals surface area contributed by atoms with Gasteiger partial charge in [-0.15, -0.1) is 0 Å². The summed E-state index contributed by atoms with van der Waals surface area (Å²) in [4.78, 5) is 35.0. The summed E-state index contributed by atoms with van der Waals surface area (Å²) in [5, 5.41) is 22.8. The molecule has 3 N–H and O–H groups in total. The second-order valence-electron chi connectivity index (χ2n) is 8.64. The van der Waals surface area contributed by atoms with E-state index in [1.807, 2.05) is 0 Å². The zero-order valence-corrected chi connectivity index (χ0v) is 19.6. The number of carbonyl (C=O) groups excluding carboxylic acids is 1. The Morgan fingerprint density at radius 2 is 1.47 bits per heavy atom. The third kappa shape index (κ3) is 7.32. The van der Waals surface area contributed by atoms with Crippen LogP contribution in [-0.4, -0.2) is 47.2 Å². The Balaban J connectivity index is 2.29. The van der Waals surface area contributed by atoms with Gasteiger partial charge in [-0.05, 0) is 50.5 Å². The molecular formula is C22H26FN3O7S. The highest BCUT2D eigenvalue weighted by Gasteiger charge is 2.35. The number of nitrogens with zero attached hydrogens (tertiary/aromatic N) is 1. The second-order valence-corrected chi connectivity index (χ2v) is 11.1. The van der Waals surface area contributed by atoms with Gasteiger partial charge in [0.1, 0.15) is 17.9 Å². The molecule has 0 radical (unpaired) electrons. The molecule has 2 aromatic rings. The van der Waals surface area contributed by atoms with Crippen LogP contribution in [0.4, 0.5) is 10.1 Å². The Morgan fingerprint density at radius 3 is 1.91 bits per heavy atom. The number of aliphatic carboxylic acids is 1. The van der Waals surface area contributed by atoms with Crippen LogP contribution in [0.1, 0.15) is 31.9 Å². The van der Waals surface area contributed by atoms with Crippen LogP contribution in [0.3, 0.4) is 0 Å². The van der Waals surface area contributed by atoms with Gasteiger partial charge < -0.3 is 10.4 Å². The number of nitro groups is 1. The van der Waals surface area contributed by atoms with Gasteiger partial charge in [0.05, 0.1) is 9.67 Å². The van der Waals surface area contributed by atoms with Gasteiger partial charge in [0.2, 0.25) is 15.9 Å². The lowest BCUT2D eigenvalue weighted by Gasteiger charge is -2.26. The summed E-state index contributed by atoms with van der Waals surface area (Å²) < 4.78 is 39.6. The van der Waals surface area contributed by atoms with Crippen LogP contribution in [0.5, 0.6) is 0 Å². The van der Waals surface area contributed by atoms with Crippen molar-refractivity contribution >= 4 is 27.6 Å². The van der Waals surface area contributed by atoms with Crippen LogP contribution >= 0.6 is 0 Å². The highest BCUT2D eigenvalue weighted by atomic mass is 32.2. The van der Waals surface area contributed by atoms with E-state index in [4.69, 9.17) is 0 Å². The minimum Gasteiger partial charge on any atom is -0.480 e. The molecule has 0 unspecified atom stereocenters. The van der Waals surface area contributed by atoms with E-state index in [0.29, 0.717) is 11.1 Å². The quantitative estimate of drug-likeness (QED) is 0.337. The maximum atomic E-state index is 13.1. The van der Waals surface area contributed by atoms with Crippen molar-refractivity contribution in [3.05, 3.63) is 75.6 Å². The number of benzene rings is 2. The lowest BCUT2D eigenvalue weighted by atomic mass is 10.0. The number of carbonyl (C=O) groups is 2. The molecule has 2 atom stereocenters. The Bertz CT molecular complexity index is 1140. The molecule has 0 aliphatic heterocycles. The third-order valence-electron chi connectivity index (χ3n) is 4.97. The molecule has 0 aromatic heterocycles. The first-order valence-electron chi connectivity index (χ1n) is 10.2. The Morgan fingerprint density at radius 1 is 1.00 bits per heavy atom. The molecular weight excluding hydrogens is 469 g/mol. The first-order chi connectivity index (χ1) is 15.7. The normalized spacial score (nSPS) is 13.6. The van der Waals surface area contributed by atoms with E-state index in [9.17, 15) is 37.6 Å². The predicted molar refractivity (Wildman–Crippen MR) is 122 cm³/mol. The molecule has 1 amide bonds. The van der Waals surface area contributed by atoms with Gasteiger partial charge in [-0.25, -0.2) is 22.3 Å². The zero-order valence-electron chi connectivity index (χ0n) is 18.8. The molecule has 0 aliphatic rings. The van der Waals surface area contributed by atoms with Crippen molar-refractivity contribution in [2.24, 2.45) is 0 Å². The minimum absolute atomic E-state index is 0.155. The largest absolute Gasteiger partial charge is 0.480 e. The van der Waals surface area contributed by atoms with Crippen molar-refractivity contribution in [1.82, 2.24) is 10.0 Å². The number of non-ortho nitro benzene ring substituents is 1. The molecule has 2 rings (SSSR count). The van der Waals surface area contributed by atoms with Gasteiger partial charge in [-0.3, -0.25) is 14.9 Å². The van der Waals surface area contributed by atoms with Crippen molar-refractivity contribution in [3.63, 3.8) is 0 Å². The van der Waals surface area contributed by atoms with E-state index < -0.39 is 49.5 Å². The number of hydrogen-bond donors (Lipinski definition) is 3. The number of halogens is 1. The van der Waals surface area contributed by atoms with E-state index in [-0.39, 0.29) is 18.5 Å². The monoisotopic (exact) mass is 495 g/mol. The summed E-state index contributed by atoms with van der Waals surface area (Å²) in [7, 11) is -4.01. The maximum Gasteiger partial charge on any atom is 0.326 e. The standard InChI is InChI=1S/C22H26FN3O7S/c1-22(2,3)34(32,33)25-18(12-15-6-10-17(11-7-15)26(30)31)20(27)24-19(21(28)29)13-14-4-8-16(23)9-5-14/h4-11,18-19,25H,12-13H2,1-3H3,(H,24,27)(H,28,29)/t18-,19-/m0/s1. The number of nitrogens with one attached hydrogen (secondary N) is 2. The highest BCUT2D eigenvalue weighted by Crippen LogP contribution is 2.17. The maximum absolute atomic E-state index is 13.1. The molecule has 0 saturated heterocycles. The van der Waals surface area contributed by atoms with Crippen LogP contribution in [0.25, 0.3) is 0 Å². The number of sulfonamides is 1. The first-order valence-corrected chi connectivity index (χ1v) is 11.7. The van der Waals surface area contributed by atoms with Crippen LogP contribution < -0.4 is 10.0 Å². The van der Waals surface area contributed by atoms with E-state index >= 15 is 0 Å². The molecule has 0 saturated carbocycles. The summed E-state index contributed by atoms with van der Waals surface area (Å²) in [6.45, 7) is 4.31. The van der Waals surface area contributed by atoms with Crippen LogP contribution in [0, 0.1) is 15.9 Å². The topological polar surface area (TPSA) is 156 Å². The highest BCUT2D eigenvalue weighted by molar-refractivity contribution is 7.90. The molecule has 0 bridgehead atoms. The van der Waals surface area contributed by atoms with Crippen molar-refractivity contribution < 1.29 is 32.4 Å². The van der Waals surface area contributed by atoms with Crippen LogP contribution in [-0.2, 0) is 32.5 Å². The van der Waals surface area contributed by atoms with Crippen LogP contribution in [0.2, 0.25) is 0 Å². The second kappa shape index (κ2) is 10.7. The Labute approximate surface area is 196 Å². The number of amides is 1. The fourth-order valence-corrected chi connectivity index (χ4v) is 3.79. The molecule has 184 valence electrons. The molecule has 12 heteroatoms. The SMILES string of the molecule is CC(C)(C)S(=O)(=O)N[C@@H](Cc1ccc([N+](=O)[O-])cc1)C(=O)N[C@@H](Cc1ccc(F)cc1)C(=O)O. The summed E-state index contributed by atoms with van der Waals surface area (Å²) >= 11 is 0. The average molecular weight is 496 g/mol. The van der Waals surface area contributed by atoms with Gasteiger partial charge in [0.15, 0.2) is 0 Å². The van der Waals surface area contributed by atoms with Gasteiger partial charge in [0, 0.05) is 18.6 Å². The number of nitro benzene ring substituents is 1. The van der Waals surface area contributed by atoms with E-state index in [2.05, 4.69) is 10.0 Å². The molecule has 0 spiro atoms. The third-order valence-corrected chi connectivity index (χ3v) is 7.18. The zero-order chi connectivity index (χ0) is 25.7. The van der Waals surface area contributed by atoms with Gasteiger partial charge in [0.25, 0.3) is 5.69 Å². The summed E-state index contributed by atoms with van der Waals surface area (Å²) in [6, 6.07) is 7.50. The van der Waals surface area contributed by atoms with Crippen molar-refractivity contribution in [1.29, 1.82) is 0 Å². The Hall–Kier alpha value is -3.38. The number of carboxylic acids is 1. The molecule has 0 heterocycles. The van der Waals surface area contributed by atoms with E-state index in [0.717, 1.165) is 12.1 Å². The smallest absolute Gasteiger partial charge is 0.326 e. The molecule has 2 aromatic carbocycles.